The van der Waals surface area contributed by atoms with Crippen molar-refractivity contribution in [3.8, 4) is 5.75 Å². The lowest BCUT2D eigenvalue weighted by molar-refractivity contribution is 0.146. The van der Waals surface area contributed by atoms with E-state index in [1.807, 2.05) is 0 Å². The van der Waals surface area contributed by atoms with Crippen LogP contribution in [0.2, 0.25) is 0 Å². The van der Waals surface area contributed by atoms with Gasteiger partial charge in [-0.15, -0.1) is 0 Å². The summed E-state index contributed by atoms with van der Waals surface area (Å²) in [7, 11) is -2.04. The molecule has 0 aromatic heterocycles. The number of hydrogen-bond donors (Lipinski definition) is 2. The number of sulfonamides is 1. The molecule has 1 aromatic rings. The third kappa shape index (κ3) is 5.09. The van der Waals surface area contributed by atoms with Gasteiger partial charge < -0.3 is 14.6 Å². The lowest BCUT2D eigenvalue weighted by Crippen LogP contribution is -2.36. The highest BCUT2D eigenvalue weighted by molar-refractivity contribution is 7.89. The van der Waals surface area contributed by atoms with Crippen molar-refractivity contribution in [2.45, 2.75) is 24.3 Å². The van der Waals surface area contributed by atoms with Crippen LogP contribution in [0, 0.1) is 0 Å². The van der Waals surface area contributed by atoms with E-state index in [1.165, 1.54) is 12.1 Å². The second-order valence-corrected chi connectivity index (χ2v) is 5.94. The largest absolute Gasteiger partial charge is 0.491 e. The molecular formula is C13H21NO5S. The van der Waals surface area contributed by atoms with Crippen LogP contribution in [0.3, 0.4) is 0 Å². The van der Waals surface area contributed by atoms with Gasteiger partial charge in [-0.05, 0) is 30.7 Å². The Morgan fingerprint density at radius 3 is 2.40 bits per heavy atom. The van der Waals surface area contributed by atoms with Gasteiger partial charge in [0.15, 0.2) is 0 Å². The van der Waals surface area contributed by atoms with E-state index < -0.39 is 16.1 Å². The molecule has 20 heavy (non-hydrogen) atoms. The first-order valence-electron chi connectivity index (χ1n) is 6.38. The van der Waals surface area contributed by atoms with E-state index in [1.54, 1.807) is 26.2 Å². The Labute approximate surface area is 119 Å². The first kappa shape index (κ1) is 16.9. The van der Waals surface area contributed by atoms with Crippen LogP contribution in [0.5, 0.6) is 5.75 Å². The van der Waals surface area contributed by atoms with Crippen molar-refractivity contribution >= 4 is 10.0 Å². The molecule has 1 rings (SSSR count). The molecule has 7 heteroatoms. The minimum atomic E-state index is -3.62. The molecule has 0 amide bonds. The maximum Gasteiger partial charge on any atom is 0.240 e. The Balaban J connectivity index is 2.71. The molecule has 0 heterocycles. The Morgan fingerprint density at radius 1 is 1.25 bits per heavy atom. The smallest absolute Gasteiger partial charge is 0.240 e. The highest BCUT2D eigenvalue weighted by atomic mass is 32.2. The van der Waals surface area contributed by atoms with Crippen LogP contribution >= 0.6 is 0 Å². The van der Waals surface area contributed by atoms with E-state index in [0.29, 0.717) is 25.4 Å². The summed E-state index contributed by atoms with van der Waals surface area (Å²) in [4.78, 5) is 0.142. The highest BCUT2D eigenvalue weighted by Gasteiger charge is 2.18. The predicted octanol–water partition coefficient (Wildman–Crippen LogP) is 0.761. The number of aliphatic hydroxyl groups is 1. The first-order chi connectivity index (χ1) is 9.53. The van der Waals surface area contributed by atoms with Gasteiger partial charge in [0.25, 0.3) is 0 Å². The fraction of sp³-hybridized carbons (Fsp3) is 0.538. The number of methoxy groups -OCH3 is 1. The van der Waals surface area contributed by atoms with Gasteiger partial charge in [-0.1, -0.05) is 6.92 Å². The molecule has 0 saturated carbocycles. The van der Waals surface area contributed by atoms with Gasteiger partial charge in [0.1, 0.15) is 12.4 Å². The van der Waals surface area contributed by atoms with E-state index in [0.717, 1.165) is 0 Å². The van der Waals surface area contributed by atoms with E-state index >= 15 is 0 Å². The lowest BCUT2D eigenvalue weighted by atomic mass is 10.3. The Bertz CT molecular complexity index is 482. The molecule has 0 saturated heterocycles. The summed E-state index contributed by atoms with van der Waals surface area (Å²) in [5.74, 6) is 0.579. The number of hydrogen-bond acceptors (Lipinski definition) is 5. The Kier molecular flexibility index (Phi) is 6.94. The van der Waals surface area contributed by atoms with E-state index in [4.69, 9.17) is 14.6 Å². The summed E-state index contributed by atoms with van der Waals surface area (Å²) in [6.45, 7) is 2.45. The van der Waals surface area contributed by atoms with Crippen molar-refractivity contribution < 1.29 is 23.0 Å². The van der Waals surface area contributed by atoms with Crippen molar-refractivity contribution in [3.63, 3.8) is 0 Å². The number of nitrogens with one attached hydrogen (secondary N) is 1. The SMILES string of the molecule is CC[C@@H](CO)NS(=O)(=O)c1ccc(OCCOC)cc1. The second-order valence-electron chi connectivity index (χ2n) is 4.22. The average molecular weight is 303 g/mol. The van der Waals surface area contributed by atoms with Crippen molar-refractivity contribution in [2.24, 2.45) is 0 Å². The van der Waals surface area contributed by atoms with Crippen LogP contribution in [-0.4, -0.2) is 46.5 Å². The number of rotatable bonds is 9. The number of ether oxygens (including phenoxy) is 2. The van der Waals surface area contributed by atoms with Crippen molar-refractivity contribution in [1.29, 1.82) is 0 Å². The van der Waals surface area contributed by atoms with E-state index in [9.17, 15) is 8.42 Å². The van der Waals surface area contributed by atoms with Crippen molar-refractivity contribution in [2.75, 3.05) is 26.9 Å². The van der Waals surface area contributed by atoms with Crippen molar-refractivity contribution in [1.82, 2.24) is 4.72 Å². The molecule has 0 radical (unpaired) electrons. The molecule has 0 spiro atoms. The van der Waals surface area contributed by atoms with Crippen LogP contribution in [0.15, 0.2) is 29.2 Å². The minimum absolute atomic E-state index is 0.142. The van der Waals surface area contributed by atoms with Gasteiger partial charge in [0.2, 0.25) is 10.0 Å². The number of benzene rings is 1. The fourth-order valence-electron chi connectivity index (χ4n) is 1.50. The summed E-state index contributed by atoms with van der Waals surface area (Å²) in [6.07, 6.45) is 0.522. The fourth-order valence-corrected chi connectivity index (χ4v) is 2.81. The summed E-state index contributed by atoms with van der Waals surface area (Å²) in [5, 5.41) is 9.04. The number of aliphatic hydroxyl groups excluding tert-OH is 1. The summed E-state index contributed by atoms with van der Waals surface area (Å²) < 4.78 is 36.8. The predicted molar refractivity (Wildman–Crippen MR) is 75.3 cm³/mol. The molecule has 0 aliphatic heterocycles. The molecule has 0 fully saturated rings. The van der Waals surface area contributed by atoms with Gasteiger partial charge in [0, 0.05) is 13.2 Å². The average Bonchev–Trinajstić information content (AvgIpc) is 2.45. The van der Waals surface area contributed by atoms with Gasteiger partial charge >= 0.3 is 0 Å². The van der Waals surface area contributed by atoms with Crippen LogP contribution < -0.4 is 9.46 Å². The van der Waals surface area contributed by atoms with Gasteiger partial charge in [-0.2, -0.15) is 0 Å². The second kappa shape index (κ2) is 8.21. The normalized spacial score (nSPS) is 13.2. The molecular weight excluding hydrogens is 282 g/mol. The molecule has 2 N–H and O–H groups in total. The monoisotopic (exact) mass is 303 g/mol. The van der Waals surface area contributed by atoms with Crippen LogP contribution in [0.25, 0.3) is 0 Å². The molecule has 0 unspecified atom stereocenters. The van der Waals surface area contributed by atoms with Gasteiger partial charge in [-0.3, -0.25) is 0 Å². The maximum atomic E-state index is 12.0. The zero-order valence-electron chi connectivity index (χ0n) is 11.7. The van der Waals surface area contributed by atoms with E-state index in [-0.39, 0.29) is 11.5 Å². The molecule has 0 aliphatic carbocycles. The van der Waals surface area contributed by atoms with Crippen LogP contribution in [-0.2, 0) is 14.8 Å². The summed E-state index contributed by atoms with van der Waals surface area (Å²) in [6, 6.07) is 5.63. The summed E-state index contributed by atoms with van der Waals surface area (Å²) >= 11 is 0. The summed E-state index contributed by atoms with van der Waals surface area (Å²) in [5.41, 5.74) is 0. The highest BCUT2D eigenvalue weighted by Crippen LogP contribution is 2.16. The standard InChI is InChI=1S/C13H21NO5S/c1-3-11(10-15)14-20(16,17)13-6-4-12(5-7-13)19-9-8-18-2/h4-7,11,14-15H,3,8-10H2,1-2H3/t11-/m0/s1. The zero-order valence-corrected chi connectivity index (χ0v) is 12.5. The molecule has 114 valence electrons. The molecule has 0 aliphatic rings. The third-order valence-electron chi connectivity index (χ3n) is 2.73. The van der Waals surface area contributed by atoms with Crippen LogP contribution in [0.1, 0.15) is 13.3 Å². The van der Waals surface area contributed by atoms with E-state index in [2.05, 4.69) is 4.72 Å². The zero-order chi connectivity index (χ0) is 15.0. The quantitative estimate of drug-likeness (QED) is 0.658. The molecule has 6 nitrogen and oxygen atoms in total. The maximum absolute atomic E-state index is 12.0. The van der Waals surface area contributed by atoms with Gasteiger partial charge in [-0.25, -0.2) is 13.1 Å². The Hall–Kier alpha value is -1.15. The topological polar surface area (TPSA) is 84.9 Å². The molecule has 1 aromatic carbocycles. The lowest BCUT2D eigenvalue weighted by Gasteiger charge is -2.14. The first-order valence-corrected chi connectivity index (χ1v) is 7.86. The van der Waals surface area contributed by atoms with Gasteiger partial charge in [0.05, 0.1) is 18.1 Å². The third-order valence-corrected chi connectivity index (χ3v) is 4.26. The minimum Gasteiger partial charge on any atom is -0.491 e. The Morgan fingerprint density at radius 2 is 1.90 bits per heavy atom. The van der Waals surface area contributed by atoms with Crippen LogP contribution in [0.4, 0.5) is 0 Å². The van der Waals surface area contributed by atoms with Crippen molar-refractivity contribution in [3.05, 3.63) is 24.3 Å². The molecule has 0 bridgehead atoms. The molecule has 1 atom stereocenters.